The second-order valence-corrected chi connectivity index (χ2v) is 10.5. The Balaban J connectivity index is 1.28. The van der Waals surface area contributed by atoms with Crippen molar-refractivity contribution in [2.75, 3.05) is 0 Å². The van der Waals surface area contributed by atoms with Crippen LogP contribution in [0.25, 0.3) is 0 Å². The number of ether oxygens (including phenoxy) is 1. The van der Waals surface area contributed by atoms with E-state index in [9.17, 15) is 4.79 Å². The number of carbonyl (C=O) groups is 1. The summed E-state index contributed by atoms with van der Waals surface area (Å²) in [6.07, 6.45) is 7.27. The van der Waals surface area contributed by atoms with Gasteiger partial charge in [0.15, 0.2) is 0 Å². The van der Waals surface area contributed by atoms with Gasteiger partial charge < -0.3 is 4.74 Å². The Bertz CT molecular complexity index is 427. The van der Waals surface area contributed by atoms with Crippen molar-refractivity contribution >= 4 is 29.5 Å². The Morgan fingerprint density at radius 2 is 2.10 bits per heavy atom. The molecule has 0 bridgehead atoms. The molecule has 0 amide bonds. The van der Waals surface area contributed by atoms with Crippen LogP contribution < -0.4 is 0 Å². The van der Waals surface area contributed by atoms with Crippen LogP contribution in [0.1, 0.15) is 52.4 Å². The molecule has 2 aliphatic heterocycles. The predicted octanol–water partition coefficient (Wildman–Crippen LogP) is 3.88. The first-order valence-corrected chi connectivity index (χ1v) is 9.91. The van der Waals surface area contributed by atoms with Crippen molar-refractivity contribution in [3.05, 3.63) is 0 Å². The van der Waals surface area contributed by atoms with E-state index < -0.39 is 0 Å². The molecule has 2 nitrogen and oxygen atoms in total. The number of rotatable bonds is 3. The fourth-order valence-electron chi connectivity index (χ4n) is 4.10. The van der Waals surface area contributed by atoms with Crippen LogP contribution in [0.4, 0.5) is 0 Å². The first-order valence-electron chi connectivity index (χ1n) is 8.09. The van der Waals surface area contributed by atoms with Gasteiger partial charge in [-0.25, -0.2) is 0 Å². The minimum atomic E-state index is 0.0950. The molecular formula is C16H24O2S2. The van der Waals surface area contributed by atoms with Crippen molar-refractivity contribution < 1.29 is 9.53 Å². The molecule has 0 aromatic heterocycles. The summed E-state index contributed by atoms with van der Waals surface area (Å²) in [4.78, 5) is 12.4. The second-order valence-electron chi connectivity index (χ2n) is 7.32. The molecule has 2 heterocycles. The average Bonchev–Trinajstić information content (AvgIpc) is 3.30. The largest absolute Gasteiger partial charge is 0.462 e. The Hall–Kier alpha value is 0.170. The highest BCUT2D eigenvalue weighted by Crippen LogP contribution is 2.62. The quantitative estimate of drug-likeness (QED) is 0.583. The molecule has 112 valence electrons. The number of hydrogen-bond acceptors (Lipinski definition) is 4. The van der Waals surface area contributed by atoms with E-state index in [4.69, 9.17) is 4.74 Å². The minimum absolute atomic E-state index is 0.0950. The molecule has 0 N–H and O–H groups in total. The monoisotopic (exact) mass is 312 g/mol. The third-order valence-corrected chi connectivity index (χ3v) is 9.11. The summed E-state index contributed by atoms with van der Waals surface area (Å²) in [6.45, 7) is 4.47. The Morgan fingerprint density at radius 1 is 1.25 bits per heavy atom. The van der Waals surface area contributed by atoms with Gasteiger partial charge in [-0.2, -0.15) is 11.8 Å². The van der Waals surface area contributed by atoms with E-state index in [0.717, 1.165) is 28.6 Å². The molecule has 2 saturated heterocycles. The highest BCUT2D eigenvalue weighted by atomic mass is 32.2. The van der Waals surface area contributed by atoms with E-state index >= 15 is 0 Å². The Morgan fingerprint density at radius 3 is 2.85 bits per heavy atom. The van der Waals surface area contributed by atoms with Crippen LogP contribution in [0.5, 0.6) is 0 Å². The third-order valence-electron chi connectivity index (χ3n) is 5.87. The van der Waals surface area contributed by atoms with Crippen LogP contribution in [0.15, 0.2) is 0 Å². The summed E-state index contributed by atoms with van der Waals surface area (Å²) in [5.74, 6) is 0.883. The fraction of sp³-hybridized carbons (Fsp3) is 0.938. The Labute approximate surface area is 130 Å². The van der Waals surface area contributed by atoms with Gasteiger partial charge in [-0.05, 0) is 58.3 Å². The van der Waals surface area contributed by atoms with E-state index in [-0.39, 0.29) is 18.0 Å². The lowest BCUT2D eigenvalue weighted by Crippen LogP contribution is -2.33. The van der Waals surface area contributed by atoms with Gasteiger partial charge in [0, 0.05) is 20.5 Å². The lowest BCUT2D eigenvalue weighted by molar-refractivity contribution is -0.157. The highest BCUT2D eigenvalue weighted by Gasteiger charge is 2.55. The van der Waals surface area contributed by atoms with Crippen LogP contribution in [0.2, 0.25) is 0 Å². The average molecular weight is 312 g/mol. The normalized spacial score (nSPS) is 50.6. The zero-order valence-corrected chi connectivity index (χ0v) is 14.0. The van der Waals surface area contributed by atoms with Crippen molar-refractivity contribution in [1.82, 2.24) is 0 Å². The van der Waals surface area contributed by atoms with Crippen LogP contribution in [-0.4, -0.2) is 32.6 Å². The summed E-state index contributed by atoms with van der Waals surface area (Å²) >= 11 is 4.19. The second kappa shape index (κ2) is 4.84. The van der Waals surface area contributed by atoms with Gasteiger partial charge in [0.05, 0.1) is 5.92 Å². The number of carbonyl (C=O) groups excluding carboxylic acids is 1. The van der Waals surface area contributed by atoms with Crippen molar-refractivity contribution in [3.8, 4) is 0 Å². The van der Waals surface area contributed by atoms with E-state index in [0.29, 0.717) is 10.7 Å². The van der Waals surface area contributed by atoms with Crippen molar-refractivity contribution in [3.63, 3.8) is 0 Å². The predicted molar refractivity (Wildman–Crippen MR) is 85.2 cm³/mol. The molecule has 7 atom stereocenters. The molecule has 0 aromatic rings. The maximum absolute atomic E-state index is 12.4. The highest BCUT2D eigenvalue weighted by molar-refractivity contribution is 8.08. The molecular weight excluding hydrogens is 288 g/mol. The van der Waals surface area contributed by atoms with Crippen molar-refractivity contribution in [2.45, 2.75) is 79.0 Å². The van der Waals surface area contributed by atoms with Crippen molar-refractivity contribution in [2.24, 2.45) is 11.8 Å². The molecule has 4 aliphatic rings. The molecule has 4 fully saturated rings. The van der Waals surface area contributed by atoms with Gasteiger partial charge in [-0.15, -0.1) is 11.8 Å². The van der Waals surface area contributed by atoms with Crippen LogP contribution >= 0.6 is 23.5 Å². The van der Waals surface area contributed by atoms with Gasteiger partial charge >= 0.3 is 5.97 Å². The SMILES string of the molecule is CC(OC(=O)C1CCC2(C)SC2C1)C1CCC2SC2C1. The van der Waals surface area contributed by atoms with Crippen LogP contribution in [0.3, 0.4) is 0 Å². The lowest BCUT2D eigenvalue weighted by atomic mass is 9.83. The molecule has 20 heavy (non-hydrogen) atoms. The minimum Gasteiger partial charge on any atom is -0.462 e. The summed E-state index contributed by atoms with van der Waals surface area (Å²) in [5, 5.41) is 2.55. The van der Waals surface area contributed by atoms with Gasteiger partial charge in [0.1, 0.15) is 6.10 Å². The van der Waals surface area contributed by atoms with Crippen LogP contribution in [0, 0.1) is 11.8 Å². The maximum Gasteiger partial charge on any atom is 0.309 e. The smallest absolute Gasteiger partial charge is 0.309 e. The fourth-order valence-corrected chi connectivity index (χ4v) is 6.69. The molecule has 2 aliphatic carbocycles. The number of esters is 1. The molecule has 4 heteroatoms. The molecule has 0 radical (unpaired) electrons. The first kappa shape index (κ1) is 13.8. The number of thioether (sulfide) groups is 2. The summed E-state index contributed by atoms with van der Waals surface area (Å²) in [6, 6.07) is 0. The zero-order valence-electron chi connectivity index (χ0n) is 12.3. The Kier molecular flexibility index (Phi) is 3.34. The van der Waals surface area contributed by atoms with Gasteiger partial charge in [-0.3, -0.25) is 4.79 Å². The molecule has 0 aromatic carbocycles. The van der Waals surface area contributed by atoms with E-state index in [1.54, 1.807) is 0 Å². The zero-order chi connectivity index (χ0) is 13.9. The number of hydrogen-bond donors (Lipinski definition) is 0. The third kappa shape index (κ3) is 2.51. The standard InChI is InChI=1S/C16H24O2S2/c1-9(10-3-4-12-13(7-10)19-12)18-15(17)11-5-6-16(2)14(8-11)20-16/h9-14H,3-8H2,1-2H3. The molecule has 4 rings (SSSR count). The first-order chi connectivity index (χ1) is 9.55. The van der Waals surface area contributed by atoms with Crippen LogP contribution in [-0.2, 0) is 9.53 Å². The summed E-state index contributed by atoms with van der Waals surface area (Å²) < 4.78 is 6.34. The van der Waals surface area contributed by atoms with Gasteiger partial charge in [-0.1, -0.05) is 0 Å². The molecule has 7 unspecified atom stereocenters. The topological polar surface area (TPSA) is 26.3 Å². The van der Waals surface area contributed by atoms with E-state index in [1.165, 1.54) is 25.7 Å². The number of fused-ring (bicyclic) bond motifs is 2. The van der Waals surface area contributed by atoms with E-state index in [1.807, 2.05) is 0 Å². The molecule has 0 spiro atoms. The maximum atomic E-state index is 12.4. The summed E-state index contributed by atoms with van der Waals surface area (Å²) in [7, 11) is 0. The van der Waals surface area contributed by atoms with Crippen molar-refractivity contribution in [1.29, 1.82) is 0 Å². The van der Waals surface area contributed by atoms with E-state index in [2.05, 4.69) is 37.4 Å². The van der Waals surface area contributed by atoms with Gasteiger partial charge in [0.25, 0.3) is 0 Å². The summed E-state index contributed by atoms with van der Waals surface area (Å²) in [5.41, 5.74) is 0. The van der Waals surface area contributed by atoms with Gasteiger partial charge in [0.2, 0.25) is 0 Å². The molecule has 2 saturated carbocycles. The lowest BCUT2D eigenvalue weighted by Gasteiger charge is -2.29.